The topological polar surface area (TPSA) is 64.9 Å². The highest BCUT2D eigenvalue weighted by Crippen LogP contribution is 2.26. The first kappa shape index (κ1) is 15.6. The molecule has 5 heteroatoms. The van der Waals surface area contributed by atoms with Gasteiger partial charge in [-0.2, -0.15) is 10.4 Å². The number of nitriles is 1. The monoisotopic (exact) mass is 310 g/mol. The molecule has 1 aliphatic rings. The molecule has 0 radical (unpaired) electrons. The second kappa shape index (κ2) is 7.80. The van der Waals surface area contributed by atoms with E-state index in [1.165, 1.54) is 18.5 Å². The van der Waals surface area contributed by atoms with Crippen molar-refractivity contribution >= 4 is 0 Å². The lowest BCUT2D eigenvalue weighted by Gasteiger charge is -2.31. The molecule has 0 atom stereocenters. The lowest BCUT2D eigenvalue weighted by atomic mass is 9.94. The van der Waals surface area contributed by atoms with Gasteiger partial charge >= 0.3 is 0 Å². The molecular weight excluding hydrogens is 288 g/mol. The summed E-state index contributed by atoms with van der Waals surface area (Å²) >= 11 is 0. The Hall–Kier alpha value is -2.32. The van der Waals surface area contributed by atoms with Crippen LogP contribution in [0.2, 0.25) is 0 Å². The van der Waals surface area contributed by atoms with Crippen LogP contribution in [0.15, 0.2) is 36.5 Å². The standard InChI is InChI=1S/C18H22N4O/c19-14-15-2-4-17(5-3-15)23-13-1-10-22-11-7-16(8-12-22)18-6-9-20-21-18/h2-6,9,16H,1,7-8,10-13H2,(H,20,21). The fourth-order valence-electron chi connectivity index (χ4n) is 3.07. The molecule has 2 aromatic rings. The van der Waals surface area contributed by atoms with Gasteiger partial charge in [0.25, 0.3) is 0 Å². The van der Waals surface area contributed by atoms with Crippen LogP contribution in [-0.2, 0) is 0 Å². The summed E-state index contributed by atoms with van der Waals surface area (Å²) in [5.74, 6) is 1.46. The van der Waals surface area contributed by atoms with Gasteiger partial charge in [0.2, 0.25) is 0 Å². The zero-order chi connectivity index (χ0) is 15.9. The van der Waals surface area contributed by atoms with Gasteiger partial charge in [0.1, 0.15) is 5.75 Å². The Bertz CT molecular complexity index is 622. The molecule has 2 heterocycles. The Balaban J connectivity index is 1.33. The number of nitrogens with zero attached hydrogens (tertiary/aromatic N) is 3. The van der Waals surface area contributed by atoms with Gasteiger partial charge in [-0.15, -0.1) is 0 Å². The van der Waals surface area contributed by atoms with Crippen molar-refractivity contribution in [1.82, 2.24) is 15.1 Å². The van der Waals surface area contributed by atoms with Crippen molar-refractivity contribution in [1.29, 1.82) is 5.26 Å². The van der Waals surface area contributed by atoms with Crippen LogP contribution in [-0.4, -0.2) is 41.3 Å². The molecule has 0 saturated carbocycles. The quantitative estimate of drug-likeness (QED) is 0.833. The fraction of sp³-hybridized carbons (Fsp3) is 0.444. The highest BCUT2D eigenvalue weighted by Gasteiger charge is 2.20. The minimum Gasteiger partial charge on any atom is -0.494 e. The number of aromatic amines is 1. The summed E-state index contributed by atoms with van der Waals surface area (Å²) in [4.78, 5) is 2.51. The highest BCUT2D eigenvalue weighted by molar-refractivity contribution is 5.34. The molecular formula is C18H22N4O. The molecule has 5 nitrogen and oxygen atoms in total. The van der Waals surface area contributed by atoms with E-state index in [1.807, 2.05) is 18.3 Å². The molecule has 0 unspecified atom stereocenters. The Labute approximate surface area is 136 Å². The second-order valence-corrected chi connectivity index (χ2v) is 5.97. The van der Waals surface area contributed by atoms with E-state index in [2.05, 4.69) is 27.2 Å². The van der Waals surface area contributed by atoms with Crippen molar-refractivity contribution in [3.05, 3.63) is 47.8 Å². The van der Waals surface area contributed by atoms with E-state index in [-0.39, 0.29) is 0 Å². The van der Waals surface area contributed by atoms with E-state index in [0.29, 0.717) is 18.1 Å². The maximum Gasteiger partial charge on any atom is 0.119 e. The van der Waals surface area contributed by atoms with E-state index in [4.69, 9.17) is 10.00 Å². The van der Waals surface area contributed by atoms with Crippen molar-refractivity contribution in [3.8, 4) is 11.8 Å². The van der Waals surface area contributed by atoms with Gasteiger partial charge in [0.05, 0.1) is 18.2 Å². The smallest absolute Gasteiger partial charge is 0.119 e. The first-order valence-electron chi connectivity index (χ1n) is 8.20. The lowest BCUT2D eigenvalue weighted by Crippen LogP contribution is -2.34. The van der Waals surface area contributed by atoms with E-state index >= 15 is 0 Å². The number of rotatable bonds is 6. The average molecular weight is 310 g/mol. The maximum absolute atomic E-state index is 8.76. The first-order chi connectivity index (χ1) is 11.3. The Morgan fingerprint density at radius 2 is 2.00 bits per heavy atom. The molecule has 0 amide bonds. The molecule has 1 N–H and O–H groups in total. The molecule has 1 fully saturated rings. The SMILES string of the molecule is N#Cc1ccc(OCCCN2CCC(c3ccn[nH]3)CC2)cc1. The number of aromatic nitrogens is 2. The first-order valence-corrected chi connectivity index (χ1v) is 8.20. The van der Waals surface area contributed by atoms with Crippen molar-refractivity contribution in [2.45, 2.75) is 25.2 Å². The third-order valence-electron chi connectivity index (χ3n) is 4.42. The number of hydrogen-bond donors (Lipinski definition) is 1. The van der Waals surface area contributed by atoms with E-state index in [9.17, 15) is 0 Å². The van der Waals surface area contributed by atoms with E-state index < -0.39 is 0 Å². The molecule has 1 aromatic carbocycles. The number of hydrogen-bond acceptors (Lipinski definition) is 4. The number of benzene rings is 1. The predicted molar refractivity (Wildman–Crippen MR) is 88.3 cm³/mol. The van der Waals surface area contributed by atoms with Gasteiger partial charge in [0.15, 0.2) is 0 Å². The summed E-state index contributed by atoms with van der Waals surface area (Å²) in [6.45, 7) is 4.07. The fourth-order valence-corrected chi connectivity index (χ4v) is 3.07. The Morgan fingerprint density at radius 3 is 2.65 bits per heavy atom. The largest absolute Gasteiger partial charge is 0.494 e. The van der Waals surface area contributed by atoms with Crippen LogP contribution >= 0.6 is 0 Å². The molecule has 120 valence electrons. The van der Waals surface area contributed by atoms with Gasteiger partial charge < -0.3 is 9.64 Å². The molecule has 1 aliphatic heterocycles. The van der Waals surface area contributed by atoms with Crippen LogP contribution < -0.4 is 4.74 Å². The number of ether oxygens (including phenoxy) is 1. The number of piperidine rings is 1. The summed E-state index contributed by atoms with van der Waals surface area (Å²) in [6, 6.07) is 11.5. The number of likely N-dealkylation sites (tertiary alicyclic amines) is 1. The minimum absolute atomic E-state index is 0.628. The Kier molecular flexibility index (Phi) is 5.28. The van der Waals surface area contributed by atoms with Gasteiger partial charge in [-0.25, -0.2) is 0 Å². The molecule has 0 aliphatic carbocycles. The Morgan fingerprint density at radius 1 is 1.22 bits per heavy atom. The molecule has 0 spiro atoms. The minimum atomic E-state index is 0.628. The van der Waals surface area contributed by atoms with Gasteiger partial charge in [0, 0.05) is 24.4 Å². The summed E-state index contributed by atoms with van der Waals surface area (Å²) in [5.41, 5.74) is 1.94. The molecule has 1 aromatic heterocycles. The van der Waals surface area contributed by atoms with Crippen LogP contribution in [0.5, 0.6) is 5.75 Å². The van der Waals surface area contributed by atoms with Gasteiger partial charge in [-0.05, 0) is 62.7 Å². The number of H-pyrrole nitrogens is 1. The third-order valence-corrected chi connectivity index (χ3v) is 4.42. The van der Waals surface area contributed by atoms with Crippen molar-refractivity contribution in [3.63, 3.8) is 0 Å². The average Bonchev–Trinajstić information content (AvgIpc) is 3.14. The van der Waals surface area contributed by atoms with Gasteiger partial charge in [-0.1, -0.05) is 0 Å². The van der Waals surface area contributed by atoms with E-state index in [1.54, 1.807) is 12.1 Å². The van der Waals surface area contributed by atoms with Crippen LogP contribution in [0, 0.1) is 11.3 Å². The van der Waals surface area contributed by atoms with Crippen LogP contribution in [0.25, 0.3) is 0 Å². The van der Waals surface area contributed by atoms with Crippen LogP contribution in [0.1, 0.15) is 36.4 Å². The van der Waals surface area contributed by atoms with Gasteiger partial charge in [-0.3, -0.25) is 5.10 Å². The molecule has 0 bridgehead atoms. The summed E-state index contributed by atoms with van der Waals surface area (Å²) in [6.07, 6.45) is 5.24. The molecule has 23 heavy (non-hydrogen) atoms. The maximum atomic E-state index is 8.76. The second-order valence-electron chi connectivity index (χ2n) is 5.97. The zero-order valence-corrected chi connectivity index (χ0v) is 13.2. The third kappa shape index (κ3) is 4.33. The van der Waals surface area contributed by atoms with Crippen molar-refractivity contribution in [2.24, 2.45) is 0 Å². The summed E-state index contributed by atoms with van der Waals surface area (Å²) < 4.78 is 5.73. The number of nitrogens with one attached hydrogen (secondary N) is 1. The van der Waals surface area contributed by atoms with Crippen LogP contribution in [0.3, 0.4) is 0 Å². The van der Waals surface area contributed by atoms with Crippen molar-refractivity contribution in [2.75, 3.05) is 26.2 Å². The van der Waals surface area contributed by atoms with E-state index in [0.717, 1.165) is 31.8 Å². The lowest BCUT2D eigenvalue weighted by molar-refractivity contribution is 0.192. The molecule has 3 rings (SSSR count). The molecule has 1 saturated heterocycles. The van der Waals surface area contributed by atoms with Crippen molar-refractivity contribution < 1.29 is 4.74 Å². The summed E-state index contributed by atoms with van der Waals surface area (Å²) in [7, 11) is 0. The highest BCUT2D eigenvalue weighted by atomic mass is 16.5. The predicted octanol–water partition coefficient (Wildman–Crippen LogP) is 2.93. The van der Waals surface area contributed by atoms with Crippen LogP contribution in [0.4, 0.5) is 0 Å². The normalized spacial score (nSPS) is 16.1. The zero-order valence-electron chi connectivity index (χ0n) is 13.2. The summed E-state index contributed by atoms with van der Waals surface area (Å²) in [5, 5.41) is 15.9.